The van der Waals surface area contributed by atoms with Gasteiger partial charge in [-0.05, 0) is 31.0 Å². The minimum atomic E-state index is -0.287. The van der Waals surface area contributed by atoms with Crippen molar-refractivity contribution in [3.8, 4) is 0 Å². The first-order valence-corrected chi connectivity index (χ1v) is 8.76. The summed E-state index contributed by atoms with van der Waals surface area (Å²) in [7, 11) is 0. The van der Waals surface area contributed by atoms with Crippen molar-refractivity contribution < 1.29 is 4.79 Å². The van der Waals surface area contributed by atoms with Crippen molar-refractivity contribution in [2.75, 3.05) is 5.32 Å². The molecule has 1 amide bonds. The van der Waals surface area contributed by atoms with Crippen molar-refractivity contribution in [1.82, 2.24) is 9.55 Å². The van der Waals surface area contributed by atoms with Crippen LogP contribution in [-0.4, -0.2) is 15.5 Å². The topological polar surface area (TPSA) is 64.0 Å². The quantitative estimate of drug-likeness (QED) is 0.761. The molecule has 0 bridgehead atoms. The number of aromatic nitrogens is 2. The van der Waals surface area contributed by atoms with Crippen molar-refractivity contribution in [3.63, 3.8) is 0 Å². The van der Waals surface area contributed by atoms with Crippen LogP contribution in [-0.2, 0) is 6.54 Å². The second-order valence-corrected chi connectivity index (χ2v) is 6.82. The molecule has 0 aliphatic rings. The summed E-state index contributed by atoms with van der Waals surface area (Å²) in [5.74, 6) is -0.287. The van der Waals surface area contributed by atoms with Gasteiger partial charge in [0.2, 0.25) is 0 Å². The average molecular weight is 362 g/mol. The number of amides is 1. The third kappa shape index (κ3) is 2.95. The molecular formula is C17H16ClN3O2S. The molecule has 5 nitrogen and oxygen atoms in total. The van der Waals surface area contributed by atoms with Crippen LogP contribution >= 0.6 is 22.9 Å². The Morgan fingerprint density at radius 3 is 2.83 bits per heavy atom. The summed E-state index contributed by atoms with van der Waals surface area (Å²) >= 11 is 7.30. The van der Waals surface area contributed by atoms with Crippen LogP contribution in [0.15, 0.2) is 35.4 Å². The van der Waals surface area contributed by atoms with E-state index in [1.165, 1.54) is 11.3 Å². The van der Waals surface area contributed by atoms with E-state index in [-0.39, 0.29) is 11.5 Å². The van der Waals surface area contributed by atoms with Crippen molar-refractivity contribution in [2.24, 2.45) is 0 Å². The zero-order chi connectivity index (χ0) is 17.3. The number of anilines is 1. The molecule has 3 rings (SSSR count). The Kier molecular flexibility index (Phi) is 4.69. The van der Waals surface area contributed by atoms with E-state index in [9.17, 15) is 9.59 Å². The van der Waals surface area contributed by atoms with E-state index in [1.54, 1.807) is 42.1 Å². The molecule has 1 aromatic carbocycles. The van der Waals surface area contributed by atoms with E-state index >= 15 is 0 Å². The molecule has 0 radical (unpaired) electrons. The lowest BCUT2D eigenvalue weighted by molar-refractivity contribution is 0.103. The van der Waals surface area contributed by atoms with Gasteiger partial charge in [-0.25, -0.2) is 4.98 Å². The van der Waals surface area contributed by atoms with Crippen molar-refractivity contribution >= 4 is 44.7 Å². The normalized spacial score (nSPS) is 11.0. The molecule has 7 heteroatoms. The molecular weight excluding hydrogens is 346 g/mol. The number of halogens is 1. The highest BCUT2D eigenvalue weighted by molar-refractivity contribution is 7.20. The first kappa shape index (κ1) is 16.7. The second kappa shape index (κ2) is 6.75. The third-order valence-electron chi connectivity index (χ3n) is 3.71. The van der Waals surface area contributed by atoms with Crippen LogP contribution < -0.4 is 10.9 Å². The molecule has 0 fully saturated rings. The fourth-order valence-corrected chi connectivity index (χ4v) is 3.74. The van der Waals surface area contributed by atoms with Crippen LogP contribution in [0, 0.1) is 6.92 Å². The highest BCUT2D eigenvalue weighted by atomic mass is 35.5. The second-order valence-electron chi connectivity index (χ2n) is 5.41. The maximum atomic E-state index is 12.6. The van der Waals surface area contributed by atoms with Crippen molar-refractivity contribution in [2.45, 2.75) is 26.8 Å². The zero-order valence-electron chi connectivity index (χ0n) is 13.3. The Balaban J connectivity index is 2.03. The minimum Gasteiger partial charge on any atom is -0.320 e. The maximum absolute atomic E-state index is 12.6. The van der Waals surface area contributed by atoms with Gasteiger partial charge in [0.25, 0.3) is 11.5 Å². The molecule has 0 spiro atoms. The monoisotopic (exact) mass is 361 g/mol. The van der Waals surface area contributed by atoms with E-state index < -0.39 is 0 Å². The van der Waals surface area contributed by atoms with Gasteiger partial charge in [-0.15, -0.1) is 11.3 Å². The third-order valence-corrected chi connectivity index (χ3v) is 5.24. The highest BCUT2D eigenvalue weighted by Gasteiger charge is 2.20. The van der Waals surface area contributed by atoms with E-state index in [4.69, 9.17) is 11.6 Å². The molecule has 0 atom stereocenters. The van der Waals surface area contributed by atoms with Gasteiger partial charge in [0.15, 0.2) is 0 Å². The SMILES string of the molecule is CCCn1cnc2sc(C(=O)Nc3ccccc3Cl)c(C)c2c1=O. The molecule has 2 heterocycles. The zero-order valence-corrected chi connectivity index (χ0v) is 14.9. The van der Waals surface area contributed by atoms with Crippen molar-refractivity contribution in [1.29, 1.82) is 0 Å². The summed E-state index contributed by atoms with van der Waals surface area (Å²) in [6, 6.07) is 7.03. The van der Waals surface area contributed by atoms with Gasteiger partial charge in [0.05, 0.1) is 27.3 Å². The molecule has 3 aromatic rings. The number of carbonyl (C=O) groups is 1. The lowest BCUT2D eigenvalue weighted by Gasteiger charge is -2.06. The summed E-state index contributed by atoms with van der Waals surface area (Å²) in [5, 5.41) is 3.77. The van der Waals surface area contributed by atoms with Gasteiger partial charge in [-0.3, -0.25) is 14.2 Å². The largest absolute Gasteiger partial charge is 0.320 e. The van der Waals surface area contributed by atoms with Crippen LogP contribution in [0.2, 0.25) is 5.02 Å². The molecule has 0 saturated carbocycles. The number of hydrogen-bond acceptors (Lipinski definition) is 4. The molecule has 0 saturated heterocycles. The van der Waals surface area contributed by atoms with Gasteiger partial charge in [-0.2, -0.15) is 0 Å². The molecule has 0 unspecified atom stereocenters. The van der Waals surface area contributed by atoms with E-state index in [1.807, 2.05) is 6.92 Å². The van der Waals surface area contributed by atoms with Gasteiger partial charge in [0.1, 0.15) is 4.83 Å². The number of hydrogen-bond donors (Lipinski definition) is 1. The predicted molar refractivity (Wildman–Crippen MR) is 98.3 cm³/mol. The number of carbonyl (C=O) groups excluding carboxylic acids is 1. The Morgan fingerprint density at radius 1 is 1.38 bits per heavy atom. The molecule has 2 aromatic heterocycles. The van der Waals surface area contributed by atoms with Crippen molar-refractivity contribution in [3.05, 3.63) is 56.4 Å². The smallest absolute Gasteiger partial charge is 0.266 e. The highest BCUT2D eigenvalue weighted by Crippen LogP contribution is 2.28. The first-order chi connectivity index (χ1) is 11.5. The van der Waals surface area contributed by atoms with E-state index in [2.05, 4.69) is 10.3 Å². The summed E-state index contributed by atoms with van der Waals surface area (Å²) in [4.78, 5) is 30.5. The minimum absolute atomic E-state index is 0.104. The number of para-hydroxylation sites is 1. The number of thiophene rings is 1. The van der Waals surface area contributed by atoms with Crippen LogP contribution in [0.5, 0.6) is 0 Å². The first-order valence-electron chi connectivity index (χ1n) is 7.57. The number of nitrogens with one attached hydrogen (secondary N) is 1. The fourth-order valence-electron chi connectivity index (χ4n) is 2.52. The maximum Gasteiger partial charge on any atom is 0.266 e. The number of rotatable bonds is 4. The standard InChI is InChI=1S/C17H16ClN3O2S/c1-3-8-21-9-19-16-13(17(21)23)10(2)14(24-16)15(22)20-12-7-5-4-6-11(12)18/h4-7,9H,3,8H2,1-2H3,(H,20,22). The van der Waals surface area contributed by atoms with E-state index in [0.29, 0.717) is 37.9 Å². The van der Waals surface area contributed by atoms with Crippen LogP contribution in [0.1, 0.15) is 28.6 Å². The van der Waals surface area contributed by atoms with Gasteiger partial charge < -0.3 is 5.32 Å². The number of nitrogens with zero attached hydrogens (tertiary/aromatic N) is 2. The number of aryl methyl sites for hydroxylation is 2. The Morgan fingerprint density at radius 2 is 2.12 bits per heavy atom. The number of benzene rings is 1. The predicted octanol–water partition coefficient (Wildman–Crippen LogP) is 4.08. The molecule has 124 valence electrons. The summed E-state index contributed by atoms with van der Waals surface area (Å²) in [5.41, 5.74) is 1.09. The lowest BCUT2D eigenvalue weighted by Crippen LogP contribution is -2.20. The van der Waals surface area contributed by atoms with Gasteiger partial charge in [-0.1, -0.05) is 30.7 Å². The molecule has 24 heavy (non-hydrogen) atoms. The molecule has 0 aliphatic heterocycles. The lowest BCUT2D eigenvalue weighted by atomic mass is 10.2. The summed E-state index contributed by atoms with van der Waals surface area (Å²) in [6.07, 6.45) is 2.38. The average Bonchev–Trinajstić information content (AvgIpc) is 2.90. The molecule has 1 N–H and O–H groups in total. The van der Waals surface area contributed by atoms with E-state index in [0.717, 1.165) is 6.42 Å². The van der Waals surface area contributed by atoms with Crippen LogP contribution in [0.3, 0.4) is 0 Å². The van der Waals surface area contributed by atoms with Crippen LogP contribution in [0.4, 0.5) is 5.69 Å². The Bertz CT molecular complexity index is 978. The number of fused-ring (bicyclic) bond motifs is 1. The van der Waals surface area contributed by atoms with Crippen LogP contribution in [0.25, 0.3) is 10.2 Å². The summed E-state index contributed by atoms with van der Waals surface area (Å²) < 4.78 is 1.58. The fraction of sp³-hybridized carbons (Fsp3) is 0.235. The summed E-state index contributed by atoms with van der Waals surface area (Å²) in [6.45, 7) is 4.39. The Hall–Kier alpha value is -2.18. The Labute approximate surface area is 147 Å². The van der Waals surface area contributed by atoms with Gasteiger partial charge >= 0.3 is 0 Å². The van der Waals surface area contributed by atoms with Gasteiger partial charge in [0, 0.05) is 6.54 Å². The molecule has 0 aliphatic carbocycles.